The van der Waals surface area contributed by atoms with E-state index in [1.807, 2.05) is 6.92 Å². The summed E-state index contributed by atoms with van der Waals surface area (Å²) >= 11 is 0. The molecule has 1 aromatic carbocycles. The van der Waals surface area contributed by atoms with Crippen molar-refractivity contribution in [3.05, 3.63) is 52.8 Å². The number of aryl methyl sites for hydroxylation is 2. The summed E-state index contributed by atoms with van der Waals surface area (Å²) in [5.74, 6) is -1.19. The molecule has 0 saturated carbocycles. The summed E-state index contributed by atoms with van der Waals surface area (Å²) < 4.78 is 1.76. The summed E-state index contributed by atoms with van der Waals surface area (Å²) in [6.07, 6.45) is 2.69. The van der Waals surface area contributed by atoms with E-state index < -0.39 is 5.97 Å². The molecule has 6 heteroatoms. The van der Waals surface area contributed by atoms with Crippen molar-refractivity contribution < 1.29 is 14.7 Å². The summed E-state index contributed by atoms with van der Waals surface area (Å²) in [6, 6.07) is 6.51. The Bertz CT molecular complexity index is 692. The average Bonchev–Trinajstić information content (AvgIpc) is 2.86. The fraction of sp³-hybridized carbons (Fsp3) is 0.312. The summed E-state index contributed by atoms with van der Waals surface area (Å²) in [6.45, 7) is 4.89. The van der Waals surface area contributed by atoms with Crippen molar-refractivity contribution in [1.29, 1.82) is 0 Å². The molecule has 0 fully saturated rings. The molecular formula is C16H19N3O3. The number of aromatic carboxylic acids is 1. The van der Waals surface area contributed by atoms with E-state index in [1.165, 1.54) is 6.07 Å². The minimum atomic E-state index is -0.982. The molecule has 0 spiro atoms. The number of benzene rings is 1. The molecule has 2 rings (SSSR count). The van der Waals surface area contributed by atoms with Crippen LogP contribution in [0.25, 0.3) is 0 Å². The molecule has 0 radical (unpaired) electrons. The fourth-order valence-electron chi connectivity index (χ4n) is 2.18. The zero-order chi connectivity index (χ0) is 16.1. The number of carbonyl (C=O) groups excluding carboxylic acids is 1. The molecule has 0 aliphatic heterocycles. The Kier molecular flexibility index (Phi) is 4.93. The lowest BCUT2D eigenvalue weighted by molar-refractivity contribution is 0.0696. The molecule has 1 amide bonds. The van der Waals surface area contributed by atoms with Crippen LogP contribution in [0.1, 0.15) is 45.3 Å². The van der Waals surface area contributed by atoms with Crippen LogP contribution >= 0.6 is 0 Å². The first kappa shape index (κ1) is 15.8. The van der Waals surface area contributed by atoms with Crippen molar-refractivity contribution in [3.63, 3.8) is 0 Å². The van der Waals surface area contributed by atoms with Gasteiger partial charge in [0.2, 0.25) is 0 Å². The third kappa shape index (κ3) is 3.72. The van der Waals surface area contributed by atoms with Crippen LogP contribution in [0.5, 0.6) is 0 Å². The second kappa shape index (κ2) is 6.89. The lowest BCUT2D eigenvalue weighted by Crippen LogP contribution is -2.23. The van der Waals surface area contributed by atoms with Gasteiger partial charge in [0.25, 0.3) is 5.91 Å². The minimum absolute atomic E-state index is 0.207. The van der Waals surface area contributed by atoms with E-state index >= 15 is 0 Å². The van der Waals surface area contributed by atoms with Gasteiger partial charge in [-0.15, -0.1) is 0 Å². The number of carboxylic acids is 1. The molecular weight excluding hydrogens is 282 g/mol. The Balaban J connectivity index is 2.03. The summed E-state index contributed by atoms with van der Waals surface area (Å²) in [5.41, 5.74) is 2.18. The van der Waals surface area contributed by atoms with Gasteiger partial charge in [-0.25, -0.2) is 4.79 Å². The van der Waals surface area contributed by atoms with Gasteiger partial charge in [-0.2, -0.15) is 5.10 Å². The van der Waals surface area contributed by atoms with E-state index in [2.05, 4.69) is 10.4 Å². The Hall–Kier alpha value is -2.63. The SMILES string of the molecule is CCCn1cc(C(=O)NCc2cccc(C(=O)O)c2)c(C)n1. The highest BCUT2D eigenvalue weighted by Gasteiger charge is 2.13. The summed E-state index contributed by atoms with van der Waals surface area (Å²) in [4.78, 5) is 23.1. The molecule has 6 nitrogen and oxygen atoms in total. The maximum atomic E-state index is 12.2. The van der Waals surface area contributed by atoms with Crippen LogP contribution < -0.4 is 5.32 Å². The van der Waals surface area contributed by atoms with E-state index in [0.717, 1.165) is 18.5 Å². The molecule has 0 bridgehead atoms. The standard InChI is InChI=1S/C16H19N3O3/c1-3-7-19-10-14(11(2)18-19)15(20)17-9-12-5-4-6-13(8-12)16(21)22/h4-6,8,10H,3,7,9H2,1-2H3,(H,17,20)(H,21,22). The van der Waals surface area contributed by atoms with E-state index in [-0.39, 0.29) is 18.0 Å². The summed E-state index contributed by atoms with van der Waals surface area (Å²) in [7, 11) is 0. The average molecular weight is 301 g/mol. The van der Waals surface area contributed by atoms with E-state index in [4.69, 9.17) is 5.11 Å². The zero-order valence-electron chi connectivity index (χ0n) is 12.7. The molecule has 0 saturated heterocycles. The van der Waals surface area contributed by atoms with Gasteiger partial charge in [-0.1, -0.05) is 19.1 Å². The normalized spacial score (nSPS) is 10.5. The highest BCUT2D eigenvalue weighted by molar-refractivity contribution is 5.95. The fourth-order valence-corrected chi connectivity index (χ4v) is 2.18. The predicted molar refractivity (Wildman–Crippen MR) is 81.8 cm³/mol. The lowest BCUT2D eigenvalue weighted by atomic mass is 10.1. The van der Waals surface area contributed by atoms with Crippen LogP contribution in [0, 0.1) is 6.92 Å². The highest BCUT2D eigenvalue weighted by Crippen LogP contribution is 2.08. The zero-order valence-corrected chi connectivity index (χ0v) is 12.7. The van der Waals surface area contributed by atoms with Gasteiger partial charge in [0, 0.05) is 19.3 Å². The number of hydrogen-bond donors (Lipinski definition) is 2. The summed E-state index contributed by atoms with van der Waals surface area (Å²) in [5, 5.41) is 16.0. The van der Waals surface area contributed by atoms with Gasteiger partial charge in [0.05, 0.1) is 16.8 Å². The number of amides is 1. The Morgan fingerprint density at radius 1 is 1.36 bits per heavy atom. The quantitative estimate of drug-likeness (QED) is 0.857. The highest BCUT2D eigenvalue weighted by atomic mass is 16.4. The van der Waals surface area contributed by atoms with Gasteiger partial charge in [0.15, 0.2) is 0 Å². The van der Waals surface area contributed by atoms with Gasteiger partial charge in [-0.3, -0.25) is 9.48 Å². The van der Waals surface area contributed by atoms with E-state index in [9.17, 15) is 9.59 Å². The molecule has 0 aliphatic rings. The van der Waals surface area contributed by atoms with E-state index in [1.54, 1.807) is 36.0 Å². The second-order valence-corrected chi connectivity index (χ2v) is 5.08. The first-order chi connectivity index (χ1) is 10.5. The topological polar surface area (TPSA) is 84.2 Å². The lowest BCUT2D eigenvalue weighted by Gasteiger charge is -2.05. The van der Waals surface area contributed by atoms with Crippen molar-refractivity contribution in [3.8, 4) is 0 Å². The van der Waals surface area contributed by atoms with E-state index in [0.29, 0.717) is 11.3 Å². The van der Waals surface area contributed by atoms with Crippen LogP contribution in [-0.4, -0.2) is 26.8 Å². The van der Waals surface area contributed by atoms with Gasteiger partial charge in [0.1, 0.15) is 0 Å². The molecule has 2 aromatic rings. The van der Waals surface area contributed by atoms with Crippen LogP contribution in [0.3, 0.4) is 0 Å². The van der Waals surface area contributed by atoms with Gasteiger partial charge < -0.3 is 10.4 Å². The molecule has 116 valence electrons. The Labute approximate surface area is 128 Å². The number of rotatable bonds is 6. The maximum absolute atomic E-state index is 12.2. The van der Waals surface area contributed by atoms with Crippen molar-refractivity contribution in [2.45, 2.75) is 33.4 Å². The Morgan fingerprint density at radius 2 is 2.14 bits per heavy atom. The van der Waals surface area contributed by atoms with Crippen LogP contribution in [0.2, 0.25) is 0 Å². The third-order valence-electron chi connectivity index (χ3n) is 3.27. The van der Waals surface area contributed by atoms with Crippen molar-refractivity contribution in [1.82, 2.24) is 15.1 Å². The molecule has 0 atom stereocenters. The molecule has 0 unspecified atom stereocenters. The molecule has 0 aliphatic carbocycles. The predicted octanol–water partition coefficient (Wildman–Crippen LogP) is 2.23. The van der Waals surface area contributed by atoms with Crippen LogP contribution in [0.4, 0.5) is 0 Å². The molecule has 1 heterocycles. The largest absolute Gasteiger partial charge is 0.478 e. The first-order valence-corrected chi connectivity index (χ1v) is 7.15. The number of hydrogen-bond acceptors (Lipinski definition) is 3. The van der Waals surface area contributed by atoms with Crippen molar-refractivity contribution >= 4 is 11.9 Å². The van der Waals surface area contributed by atoms with Crippen LogP contribution in [-0.2, 0) is 13.1 Å². The van der Waals surface area contributed by atoms with Gasteiger partial charge in [-0.05, 0) is 31.0 Å². The first-order valence-electron chi connectivity index (χ1n) is 7.15. The number of nitrogens with zero attached hydrogens (tertiary/aromatic N) is 2. The van der Waals surface area contributed by atoms with Crippen molar-refractivity contribution in [2.75, 3.05) is 0 Å². The molecule has 2 N–H and O–H groups in total. The maximum Gasteiger partial charge on any atom is 0.335 e. The number of carbonyl (C=O) groups is 2. The third-order valence-corrected chi connectivity index (χ3v) is 3.27. The monoisotopic (exact) mass is 301 g/mol. The minimum Gasteiger partial charge on any atom is -0.478 e. The number of nitrogens with one attached hydrogen (secondary N) is 1. The number of aromatic nitrogens is 2. The smallest absolute Gasteiger partial charge is 0.335 e. The number of carboxylic acid groups (broad SMARTS) is 1. The Morgan fingerprint density at radius 3 is 2.82 bits per heavy atom. The van der Waals surface area contributed by atoms with Gasteiger partial charge >= 0.3 is 5.97 Å². The van der Waals surface area contributed by atoms with Crippen LogP contribution in [0.15, 0.2) is 30.5 Å². The molecule has 1 aromatic heterocycles. The van der Waals surface area contributed by atoms with Crippen molar-refractivity contribution in [2.24, 2.45) is 0 Å². The molecule has 22 heavy (non-hydrogen) atoms. The second-order valence-electron chi connectivity index (χ2n) is 5.08.